The molecule has 1 heterocycles. The number of hydrogen-bond donors (Lipinski definition) is 2. The number of nitrogens with one attached hydrogen (secondary N) is 2. The van der Waals surface area contributed by atoms with E-state index in [0.717, 1.165) is 6.42 Å². The predicted molar refractivity (Wildman–Crippen MR) is 72.8 cm³/mol. The molecule has 0 aromatic carbocycles. The van der Waals surface area contributed by atoms with Crippen molar-refractivity contribution < 1.29 is 14.3 Å². The number of carbonyl (C=O) groups is 2. The van der Waals surface area contributed by atoms with Crippen LogP contribution in [0.1, 0.15) is 20.3 Å². The molecule has 2 N–H and O–H groups in total. The minimum Gasteiger partial charge on any atom is -0.377 e. The molecule has 6 nitrogen and oxygen atoms in total. The second-order valence-electron chi connectivity index (χ2n) is 5.39. The van der Waals surface area contributed by atoms with Crippen LogP contribution in [0.15, 0.2) is 0 Å². The zero-order valence-corrected chi connectivity index (χ0v) is 12.2. The Morgan fingerprint density at radius 3 is 2.47 bits per heavy atom. The first-order valence-corrected chi connectivity index (χ1v) is 6.78. The summed E-state index contributed by atoms with van der Waals surface area (Å²) in [6.07, 6.45) is 0.787. The Bertz CT molecular complexity index is 318. The number of urea groups is 1. The second kappa shape index (κ2) is 7.33. The summed E-state index contributed by atoms with van der Waals surface area (Å²) in [5, 5.41) is 5.55. The van der Waals surface area contributed by atoms with Crippen molar-refractivity contribution in [2.45, 2.75) is 26.4 Å². The molecule has 19 heavy (non-hydrogen) atoms. The molecule has 0 spiro atoms. The zero-order valence-electron chi connectivity index (χ0n) is 12.2. The average Bonchev–Trinajstić information content (AvgIpc) is 2.83. The minimum absolute atomic E-state index is 0.0105. The van der Waals surface area contributed by atoms with E-state index < -0.39 is 0 Å². The third kappa shape index (κ3) is 4.70. The Balaban J connectivity index is 2.26. The van der Waals surface area contributed by atoms with E-state index in [1.807, 2.05) is 0 Å². The first-order valence-electron chi connectivity index (χ1n) is 6.78. The Kier molecular flexibility index (Phi) is 6.08. The maximum absolute atomic E-state index is 12.0. The molecule has 1 fully saturated rings. The molecular formula is C13H25N3O3. The van der Waals surface area contributed by atoms with Crippen LogP contribution in [-0.2, 0) is 9.53 Å². The van der Waals surface area contributed by atoms with Gasteiger partial charge in [0.1, 0.15) is 0 Å². The fourth-order valence-electron chi connectivity index (χ4n) is 2.19. The lowest BCUT2D eigenvalue weighted by Crippen LogP contribution is -2.42. The van der Waals surface area contributed by atoms with E-state index in [0.29, 0.717) is 25.6 Å². The van der Waals surface area contributed by atoms with Crippen LogP contribution >= 0.6 is 0 Å². The predicted octanol–water partition coefficient (Wildman–Crippen LogP) is 0.435. The molecule has 1 aliphatic rings. The molecule has 0 aliphatic carbocycles. The molecule has 0 radical (unpaired) electrons. The van der Waals surface area contributed by atoms with Gasteiger partial charge in [0.15, 0.2) is 0 Å². The molecule has 110 valence electrons. The summed E-state index contributed by atoms with van der Waals surface area (Å²) < 4.78 is 5.59. The molecule has 2 atom stereocenters. The summed E-state index contributed by atoms with van der Waals surface area (Å²) >= 11 is 0. The summed E-state index contributed by atoms with van der Waals surface area (Å²) in [4.78, 5) is 24.8. The summed E-state index contributed by atoms with van der Waals surface area (Å²) in [7, 11) is 3.36. The summed E-state index contributed by atoms with van der Waals surface area (Å²) in [6.45, 7) is 5.65. The minimum atomic E-state index is -0.154. The fourth-order valence-corrected chi connectivity index (χ4v) is 2.19. The van der Waals surface area contributed by atoms with E-state index in [2.05, 4.69) is 24.5 Å². The number of hydrogen-bond acceptors (Lipinski definition) is 3. The van der Waals surface area contributed by atoms with Crippen molar-refractivity contribution in [3.8, 4) is 0 Å². The van der Waals surface area contributed by atoms with Crippen LogP contribution in [0.2, 0.25) is 0 Å². The first-order chi connectivity index (χ1) is 8.93. The molecule has 1 saturated heterocycles. The van der Waals surface area contributed by atoms with Gasteiger partial charge in [-0.3, -0.25) is 4.79 Å². The topological polar surface area (TPSA) is 70.7 Å². The molecule has 0 saturated carbocycles. The summed E-state index contributed by atoms with van der Waals surface area (Å²) in [6, 6.07) is -0.154. The van der Waals surface area contributed by atoms with Gasteiger partial charge in [0, 0.05) is 33.8 Å². The molecule has 3 amide bonds. The van der Waals surface area contributed by atoms with Crippen molar-refractivity contribution in [1.82, 2.24) is 15.5 Å². The molecule has 6 heteroatoms. The van der Waals surface area contributed by atoms with E-state index in [1.165, 1.54) is 4.90 Å². The van der Waals surface area contributed by atoms with E-state index in [-0.39, 0.29) is 24.0 Å². The maximum atomic E-state index is 12.0. The van der Waals surface area contributed by atoms with Crippen LogP contribution in [0.4, 0.5) is 4.79 Å². The summed E-state index contributed by atoms with van der Waals surface area (Å²) in [5.41, 5.74) is 0. The third-order valence-electron chi connectivity index (χ3n) is 3.24. The van der Waals surface area contributed by atoms with Gasteiger partial charge in [-0.05, 0) is 12.3 Å². The van der Waals surface area contributed by atoms with Crippen LogP contribution < -0.4 is 10.6 Å². The van der Waals surface area contributed by atoms with Crippen molar-refractivity contribution in [1.29, 1.82) is 0 Å². The monoisotopic (exact) mass is 271 g/mol. The molecule has 1 aliphatic heterocycles. The highest BCUT2D eigenvalue weighted by Gasteiger charge is 2.35. The molecule has 2 unspecified atom stereocenters. The molecule has 0 bridgehead atoms. The Hall–Kier alpha value is -1.30. The van der Waals surface area contributed by atoms with E-state index in [9.17, 15) is 9.59 Å². The number of carbonyl (C=O) groups excluding carboxylic acids is 2. The highest BCUT2D eigenvalue weighted by molar-refractivity contribution is 5.79. The lowest BCUT2D eigenvalue weighted by Gasteiger charge is -2.21. The Labute approximate surface area is 114 Å². The van der Waals surface area contributed by atoms with Gasteiger partial charge < -0.3 is 20.3 Å². The van der Waals surface area contributed by atoms with Gasteiger partial charge in [-0.15, -0.1) is 0 Å². The van der Waals surface area contributed by atoms with E-state index in [4.69, 9.17) is 4.74 Å². The van der Waals surface area contributed by atoms with Crippen molar-refractivity contribution in [3.63, 3.8) is 0 Å². The largest absolute Gasteiger partial charge is 0.377 e. The molecule has 0 aromatic heterocycles. The second-order valence-corrected chi connectivity index (χ2v) is 5.39. The number of nitrogens with zero attached hydrogens (tertiary/aromatic N) is 1. The van der Waals surface area contributed by atoms with Crippen LogP contribution in [-0.4, -0.2) is 56.7 Å². The highest BCUT2D eigenvalue weighted by Crippen LogP contribution is 2.26. The lowest BCUT2D eigenvalue weighted by molar-refractivity contribution is -0.127. The van der Waals surface area contributed by atoms with Crippen LogP contribution in [0.25, 0.3) is 0 Å². The van der Waals surface area contributed by atoms with Gasteiger partial charge in [0.2, 0.25) is 5.91 Å². The summed E-state index contributed by atoms with van der Waals surface area (Å²) in [5.74, 6) is 0.298. The van der Waals surface area contributed by atoms with Crippen molar-refractivity contribution in [2.75, 3.05) is 33.8 Å². The molecule has 1 rings (SSSR count). The van der Waals surface area contributed by atoms with Crippen molar-refractivity contribution >= 4 is 11.9 Å². The van der Waals surface area contributed by atoms with Crippen molar-refractivity contribution in [2.24, 2.45) is 11.8 Å². The fraction of sp³-hybridized carbons (Fsp3) is 0.846. The van der Waals surface area contributed by atoms with Gasteiger partial charge in [-0.1, -0.05) is 13.8 Å². The average molecular weight is 271 g/mol. The van der Waals surface area contributed by atoms with Gasteiger partial charge in [-0.25, -0.2) is 4.79 Å². The van der Waals surface area contributed by atoms with E-state index in [1.54, 1.807) is 14.1 Å². The standard InChI is InChI=1S/C13H25N3O3/c1-9(2)11-10(5-8-19-11)12(17)14-6-7-15-13(18)16(3)4/h9-11H,5-8H2,1-4H3,(H,14,17)(H,15,18). The quantitative estimate of drug-likeness (QED) is 0.713. The smallest absolute Gasteiger partial charge is 0.316 e. The lowest BCUT2D eigenvalue weighted by atomic mass is 9.92. The zero-order chi connectivity index (χ0) is 14.4. The molecule has 0 aromatic rings. The number of amides is 3. The van der Waals surface area contributed by atoms with Gasteiger partial charge in [-0.2, -0.15) is 0 Å². The van der Waals surface area contributed by atoms with Crippen LogP contribution in [0.3, 0.4) is 0 Å². The first kappa shape index (κ1) is 15.8. The third-order valence-corrected chi connectivity index (χ3v) is 3.24. The normalized spacial score (nSPS) is 22.4. The van der Waals surface area contributed by atoms with E-state index >= 15 is 0 Å². The maximum Gasteiger partial charge on any atom is 0.316 e. The van der Waals surface area contributed by atoms with Gasteiger partial charge >= 0.3 is 6.03 Å². The van der Waals surface area contributed by atoms with Crippen LogP contribution in [0, 0.1) is 11.8 Å². The van der Waals surface area contributed by atoms with Gasteiger partial charge in [0.05, 0.1) is 12.0 Å². The van der Waals surface area contributed by atoms with Crippen molar-refractivity contribution in [3.05, 3.63) is 0 Å². The molecular weight excluding hydrogens is 246 g/mol. The number of rotatable bonds is 5. The highest BCUT2D eigenvalue weighted by atomic mass is 16.5. The SMILES string of the molecule is CC(C)C1OCCC1C(=O)NCCNC(=O)N(C)C. The Morgan fingerprint density at radius 1 is 1.26 bits per heavy atom. The van der Waals surface area contributed by atoms with Gasteiger partial charge in [0.25, 0.3) is 0 Å². The Morgan fingerprint density at radius 2 is 1.89 bits per heavy atom. The number of ether oxygens (including phenoxy) is 1. The van der Waals surface area contributed by atoms with Crippen LogP contribution in [0.5, 0.6) is 0 Å².